The topological polar surface area (TPSA) is 41.6 Å². The van der Waals surface area contributed by atoms with Crippen LogP contribution < -0.4 is 15.0 Å². The highest BCUT2D eigenvalue weighted by Gasteiger charge is 2.20. The van der Waals surface area contributed by atoms with Crippen LogP contribution in [0.2, 0.25) is 0 Å². The molecule has 4 heteroatoms. The number of methoxy groups -OCH3 is 1. The van der Waals surface area contributed by atoms with E-state index >= 15 is 0 Å². The van der Waals surface area contributed by atoms with Gasteiger partial charge in [-0.25, -0.2) is 0 Å². The first kappa shape index (κ1) is 17.5. The van der Waals surface area contributed by atoms with Gasteiger partial charge in [0.25, 0.3) is 5.91 Å². The average molecular weight is 338 g/mol. The van der Waals surface area contributed by atoms with Gasteiger partial charge in [-0.1, -0.05) is 37.1 Å². The van der Waals surface area contributed by atoms with Crippen LogP contribution in [0.15, 0.2) is 48.5 Å². The number of ether oxygens (including phenoxy) is 1. The fourth-order valence-electron chi connectivity index (χ4n) is 3.26. The fraction of sp³-hybridized carbons (Fsp3) is 0.381. The number of rotatable bonds is 2. The molecule has 1 N–H and O–H groups in total. The highest BCUT2D eigenvalue weighted by Crippen LogP contribution is 2.25. The lowest BCUT2D eigenvalue weighted by molar-refractivity contribution is 0.0986. The summed E-state index contributed by atoms with van der Waals surface area (Å²) >= 11 is 0. The van der Waals surface area contributed by atoms with Gasteiger partial charge >= 0.3 is 0 Å². The summed E-state index contributed by atoms with van der Waals surface area (Å²) in [5.41, 5.74) is 2.84. The van der Waals surface area contributed by atoms with Crippen LogP contribution >= 0.6 is 0 Å². The van der Waals surface area contributed by atoms with E-state index in [1.807, 2.05) is 47.4 Å². The molecule has 0 saturated heterocycles. The van der Waals surface area contributed by atoms with Gasteiger partial charge in [-0.15, -0.1) is 0 Å². The largest absolute Gasteiger partial charge is 0.497 e. The van der Waals surface area contributed by atoms with Gasteiger partial charge in [0, 0.05) is 24.3 Å². The molecule has 2 aromatic carbocycles. The Morgan fingerprint density at radius 3 is 2.76 bits per heavy atom. The highest BCUT2D eigenvalue weighted by atomic mass is 16.5. The average Bonchev–Trinajstić information content (AvgIpc) is 2.71. The Hall–Kier alpha value is -2.33. The maximum Gasteiger partial charge on any atom is 0.258 e. The minimum atomic E-state index is 0.0330. The third-order valence-electron chi connectivity index (χ3n) is 4.64. The molecule has 132 valence electrons. The normalized spacial score (nSPS) is 15.8. The highest BCUT2D eigenvalue weighted by molar-refractivity contribution is 6.06. The molecule has 1 aliphatic rings. The van der Waals surface area contributed by atoms with Crippen molar-refractivity contribution >= 4 is 11.6 Å². The molecule has 0 radical (unpaired) electrons. The van der Waals surface area contributed by atoms with Crippen LogP contribution in [-0.4, -0.2) is 26.1 Å². The first-order valence-electron chi connectivity index (χ1n) is 9.04. The number of amides is 1. The van der Waals surface area contributed by atoms with Gasteiger partial charge in [-0.2, -0.15) is 0 Å². The Morgan fingerprint density at radius 1 is 1.04 bits per heavy atom. The summed E-state index contributed by atoms with van der Waals surface area (Å²) in [6.07, 6.45) is 4.55. The van der Waals surface area contributed by atoms with Gasteiger partial charge in [-0.3, -0.25) is 4.79 Å². The smallest absolute Gasteiger partial charge is 0.258 e. The molecule has 1 aliphatic heterocycles. The molecule has 0 bridgehead atoms. The van der Waals surface area contributed by atoms with E-state index in [-0.39, 0.29) is 5.91 Å². The summed E-state index contributed by atoms with van der Waals surface area (Å²) in [7, 11) is 1.62. The quantitative estimate of drug-likeness (QED) is 0.900. The Labute approximate surface area is 149 Å². The zero-order valence-electron chi connectivity index (χ0n) is 14.8. The molecule has 1 heterocycles. The molecule has 25 heavy (non-hydrogen) atoms. The Morgan fingerprint density at radius 2 is 1.88 bits per heavy atom. The predicted molar refractivity (Wildman–Crippen MR) is 101 cm³/mol. The summed E-state index contributed by atoms with van der Waals surface area (Å²) in [6.45, 7) is 2.56. The maximum atomic E-state index is 13.2. The molecular weight excluding hydrogens is 312 g/mol. The third kappa shape index (κ3) is 4.40. The van der Waals surface area contributed by atoms with E-state index in [2.05, 4.69) is 11.4 Å². The molecule has 0 spiro atoms. The van der Waals surface area contributed by atoms with Crippen molar-refractivity contribution in [2.75, 3.05) is 25.1 Å². The molecular formula is C21H26N2O2. The molecule has 1 amide bonds. The second-order valence-corrected chi connectivity index (χ2v) is 6.41. The molecule has 0 unspecified atom stereocenters. The molecule has 0 aliphatic carbocycles. The lowest BCUT2D eigenvalue weighted by atomic mass is 10.1. The zero-order valence-corrected chi connectivity index (χ0v) is 14.8. The van der Waals surface area contributed by atoms with Crippen LogP contribution in [0.4, 0.5) is 5.69 Å². The molecule has 0 aromatic heterocycles. The Kier molecular flexibility index (Phi) is 6.07. The van der Waals surface area contributed by atoms with Gasteiger partial charge in [0.2, 0.25) is 0 Å². The number of nitrogens with one attached hydrogen (secondary N) is 1. The fourth-order valence-corrected chi connectivity index (χ4v) is 3.26. The van der Waals surface area contributed by atoms with Crippen molar-refractivity contribution in [3.05, 3.63) is 59.7 Å². The molecule has 3 rings (SSSR count). The molecule has 0 saturated carbocycles. The van der Waals surface area contributed by atoms with Gasteiger partial charge < -0.3 is 15.0 Å². The van der Waals surface area contributed by atoms with Gasteiger partial charge in [0.1, 0.15) is 5.75 Å². The van der Waals surface area contributed by atoms with Crippen LogP contribution in [-0.2, 0) is 6.54 Å². The van der Waals surface area contributed by atoms with Crippen molar-refractivity contribution in [1.82, 2.24) is 5.32 Å². The number of anilines is 1. The van der Waals surface area contributed by atoms with E-state index in [1.54, 1.807) is 7.11 Å². The van der Waals surface area contributed by atoms with Crippen molar-refractivity contribution in [2.24, 2.45) is 0 Å². The number of carbonyl (C=O) groups is 1. The SMILES string of the molecule is COc1cccc(C(=O)N2CCCCCCNCc3ccccc32)c1. The van der Waals surface area contributed by atoms with E-state index in [4.69, 9.17) is 4.74 Å². The van der Waals surface area contributed by atoms with Gasteiger partial charge in [0.05, 0.1) is 7.11 Å². The van der Waals surface area contributed by atoms with Crippen molar-refractivity contribution in [3.63, 3.8) is 0 Å². The first-order chi connectivity index (χ1) is 12.3. The summed E-state index contributed by atoms with van der Waals surface area (Å²) < 4.78 is 5.28. The van der Waals surface area contributed by atoms with Crippen molar-refractivity contribution < 1.29 is 9.53 Å². The third-order valence-corrected chi connectivity index (χ3v) is 4.64. The lowest BCUT2D eigenvalue weighted by Gasteiger charge is -2.25. The number of hydrogen-bond donors (Lipinski definition) is 1. The second-order valence-electron chi connectivity index (χ2n) is 6.41. The molecule has 2 aromatic rings. The summed E-state index contributed by atoms with van der Waals surface area (Å²) in [5.74, 6) is 0.740. The lowest BCUT2D eigenvalue weighted by Crippen LogP contribution is -2.33. The van der Waals surface area contributed by atoms with E-state index in [0.29, 0.717) is 11.3 Å². The maximum absolute atomic E-state index is 13.2. The standard InChI is InChI=1S/C21H26N2O2/c1-25-19-11-8-10-17(15-19)21(24)23-14-7-3-2-6-13-22-16-18-9-4-5-12-20(18)23/h4-5,8-12,15,22H,2-3,6-7,13-14,16H2,1H3. The van der Waals surface area contributed by atoms with E-state index in [1.165, 1.54) is 18.4 Å². The van der Waals surface area contributed by atoms with Gasteiger partial charge in [-0.05, 0) is 49.2 Å². The van der Waals surface area contributed by atoms with Crippen LogP contribution in [0.25, 0.3) is 0 Å². The number of hydrogen-bond acceptors (Lipinski definition) is 3. The van der Waals surface area contributed by atoms with E-state index in [0.717, 1.165) is 38.2 Å². The first-order valence-corrected chi connectivity index (χ1v) is 9.04. The number of carbonyl (C=O) groups excluding carboxylic acids is 1. The predicted octanol–water partition coefficient (Wildman–Crippen LogP) is 4.01. The summed E-state index contributed by atoms with van der Waals surface area (Å²) in [5, 5.41) is 3.50. The minimum Gasteiger partial charge on any atom is -0.497 e. The Bertz CT molecular complexity index is 715. The summed E-state index contributed by atoms with van der Waals surface area (Å²) in [4.78, 5) is 15.2. The number of para-hydroxylation sites is 1. The van der Waals surface area contributed by atoms with Crippen LogP contribution in [0.5, 0.6) is 5.75 Å². The minimum absolute atomic E-state index is 0.0330. The summed E-state index contributed by atoms with van der Waals surface area (Å²) in [6, 6.07) is 15.6. The van der Waals surface area contributed by atoms with E-state index in [9.17, 15) is 4.79 Å². The molecule has 4 nitrogen and oxygen atoms in total. The van der Waals surface area contributed by atoms with Crippen molar-refractivity contribution in [2.45, 2.75) is 32.2 Å². The Balaban J connectivity index is 1.94. The van der Waals surface area contributed by atoms with Crippen LogP contribution in [0.3, 0.4) is 0 Å². The van der Waals surface area contributed by atoms with Crippen LogP contribution in [0, 0.1) is 0 Å². The monoisotopic (exact) mass is 338 g/mol. The number of benzene rings is 2. The number of fused-ring (bicyclic) bond motifs is 1. The zero-order chi connectivity index (χ0) is 17.5. The van der Waals surface area contributed by atoms with Gasteiger partial charge in [0.15, 0.2) is 0 Å². The van der Waals surface area contributed by atoms with Crippen LogP contribution in [0.1, 0.15) is 41.6 Å². The molecule has 0 atom stereocenters. The van der Waals surface area contributed by atoms with Crippen molar-refractivity contribution in [3.8, 4) is 5.75 Å². The number of nitrogens with zero attached hydrogens (tertiary/aromatic N) is 1. The van der Waals surface area contributed by atoms with Crippen molar-refractivity contribution in [1.29, 1.82) is 0 Å². The van der Waals surface area contributed by atoms with E-state index < -0.39 is 0 Å². The molecule has 0 fully saturated rings. The second kappa shape index (κ2) is 8.67.